The largest absolute Gasteiger partial charge is 0.460 e. The average molecular weight is 347 g/mol. The van der Waals surface area contributed by atoms with Gasteiger partial charge in [0, 0.05) is 20.0 Å². The summed E-state index contributed by atoms with van der Waals surface area (Å²) in [6.45, 7) is 4.64. The van der Waals surface area contributed by atoms with Gasteiger partial charge in [-0.1, -0.05) is 6.92 Å². The molecule has 0 spiro atoms. The Morgan fingerprint density at radius 2 is 1.88 bits per heavy atom. The van der Waals surface area contributed by atoms with Crippen molar-refractivity contribution in [2.75, 3.05) is 20.3 Å². The Kier molecular flexibility index (Phi) is 12.0. The van der Waals surface area contributed by atoms with Crippen molar-refractivity contribution in [3.63, 3.8) is 0 Å². The van der Waals surface area contributed by atoms with Crippen molar-refractivity contribution in [3.8, 4) is 0 Å². The molecule has 0 rings (SSSR count). The van der Waals surface area contributed by atoms with Crippen LogP contribution in [0.25, 0.3) is 0 Å². The number of Topliss-reactive ketones (excluding diaryl/α,β-unsaturated/α-hetero) is 1. The van der Waals surface area contributed by atoms with Crippen molar-refractivity contribution in [1.82, 2.24) is 5.32 Å². The van der Waals surface area contributed by atoms with E-state index in [1.807, 2.05) is 6.92 Å². The summed E-state index contributed by atoms with van der Waals surface area (Å²) < 4.78 is 15.5. The predicted molar refractivity (Wildman–Crippen MR) is 86.1 cm³/mol. The van der Waals surface area contributed by atoms with Crippen LogP contribution in [0.5, 0.6) is 0 Å². The zero-order chi connectivity index (χ0) is 18.5. The van der Waals surface area contributed by atoms with E-state index in [4.69, 9.17) is 19.3 Å². The lowest BCUT2D eigenvalue weighted by molar-refractivity contribution is -0.194. The number of rotatable bonds is 13. The molecule has 0 saturated carbocycles. The molecule has 0 aliphatic rings. The molecular formula is C16H29NO7. The molecule has 140 valence electrons. The second kappa shape index (κ2) is 12.9. The van der Waals surface area contributed by atoms with Crippen molar-refractivity contribution < 1.29 is 33.7 Å². The number of ether oxygens (including phenoxy) is 3. The first-order valence-corrected chi connectivity index (χ1v) is 8.08. The van der Waals surface area contributed by atoms with Gasteiger partial charge in [0.25, 0.3) is 0 Å². The molecule has 0 aliphatic heterocycles. The Hall–Kier alpha value is -1.51. The monoisotopic (exact) mass is 347 g/mol. The van der Waals surface area contributed by atoms with Crippen LogP contribution in [-0.2, 0) is 28.6 Å². The number of aliphatic hydroxyl groups excluding tert-OH is 1. The quantitative estimate of drug-likeness (QED) is 0.370. The highest BCUT2D eigenvalue weighted by molar-refractivity contribution is 5.87. The minimum Gasteiger partial charge on any atom is -0.460 e. The van der Waals surface area contributed by atoms with Gasteiger partial charge in [-0.25, -0.2) is 0 Å². The Bertz CT molecular complexity index is 396. The van der Waals surface area contributed by atoms with Gasteiger partial charge in [0.05, 0.1) is 18.8 Å². The molecule has 8 heteroatoms. The van der Waals surface area contributed by atoms with Crippen LogP contribution in [0, 0.1) is 0 Å². The third-order valence-corrected chi connectivity index (χ3v) is 3.42. The van der Waals surface area contributed by atoms with E-state index in [0.29, 0.717) is 12.8 Å². The number of amides is 1. The molecule has 0 saturated heterocycles. The lowest BCUT2D eigenvalue weighted by atomic mass is 10.2. The van der Waals surface area contributed by atoms with Gasteiger partial charge in [-0.05, 0) is 26.7 Å². The molecule has 1 amide bonds. The molecule has 3 atom stereocenters. The first kappa shape index (κ1) is 22.5. The Morgan fingerprint density at radius 1 is 1.21 bits per heavy atom. The van der Waals surface area contributed by atoms with Gasteiger partial charge in [-0.15, -0.1) is 0 Å². The van der Waals surface area contributed by atoms with Crippen LogP contribution >= 0.6 is 0 Å². The van der Waals surface area contributed by atoms with E-state index in [0.717, 1.165) is 0 Å². The third kappa shape index (κ3) is 10.3. The molecule has 0 aliphatic carbocycles. The zero-order valence-corrected chi connectivity index (χ0v) is 14.9. The molecule has 0 aromatic heterocycles. The number of hydrogen-bond donors (Lipinski definition) is 2. The van der Waals surface area contributed by atoms with Crippen LogP contribution in [-0.4, -0.2) is 61.5 Å². The molecular weight excluding hydrogens is 318 g/mol. The number of esters is 1. The van der Waals surface area contributed by atoms with E-state index in [1.165, 1.54) is 14.0 Å². The van der Waals surface area contributed by atoms with Crippen LogP contribution in [0.1, 0.15) is 46.5 Å². The zero-order valence-electron chi connectivity index (χ0n) is 14.9. The van der Waals surface area contributed by atoms with E-state index in [-0.39, 0.29) is 43.8 Å². The summed E-state index contributed by atoms with van der Waals surface area (Å²) in [5, 5.41) is 11.6. The van der Waals surface area contributed by atoms with Gasteiger partial charge in [0.1, 0.15) is 6.61 Å². The number of carbonyl (C=O) groups excluding carboxylic acids is 3. The number of ketones is 1. The standard InChI is InChI=1S/C16H29NO7/c1-5-13(9-18)24-16(22-4)10-23-15(21)8-6-7-14(20)17-11(2)12(3)19/h11,13,16,18H,5-10H2,1-4H3,(H,17,20)/t11-,13?,16?/m1/s1. The molecule has 2 unspecified atom stereocenters. The highest BCUT2D eigenvalue weighted by Gasteiger charge is 2.17. The molecule has 2 N–H and O–H groups in total. The van der Waals surface area contributed by atoms with Gasteiger partial charge in [-0.3, -0.25) is 14.4 Å². The summed E-state index contributed by atoms with van der Waals surface area (Å²) in [5.74, 6) is -0.871. The average Bonchev–Trinajstić information content (AvgIpc) is 2.55. The Morgan fingerprint density at radius 3 is 2.38 bits per heavy atom. The van der Waals surface area contributed by atoms with Crippen molar-refractivity contribution in [2.45, 2.75) is 64.9 Å². The Balaban J connectivity index is 3.96. The maximum absolute atomic E-state index is 11.6. The first-order chi connectivity index (χ1) is 11.3. The van der Waals surface area contributed by atoms with Crippen LogP contribution in [0.3, 0.4) is 0 Å². The molecule has 0 heterocycles. The summed E-state index contributed by atoms with van der Waals surface area (Å²) in [4.78, 5) is 34.2. The molecule has 8 nitrogen and oxygen atoms in total. The lowest BCUT2D eigenvalue weighted by Gasteiger charge is -2.21. The van der Waals surface area contributed by atoms with E-state index in [2.05, 4.69) is 5.32 Å². The fourth-order valence-corrected chi connectivity index (χ4v) is 1.69. The van der Waals surface area contributed by atoms with Crippen molar-refractivity contribution in [1.29, 1.82) is 0 Å². The third-order valence-electron chi connectivity index (χ3n) is 3.42. The molecule has 24 heavy (non-hydrogen) atoms. The van der Waals surface area contributed by atoms with Gasteiger partial charge in [0.2, 0.25) is 5.91 Å². The SMILES string of the molecule is CCC(CO)OC(COC(=O)CCCC(=O)N[C@H](C)C(C)=O)OC. The van der Waals surface area contributed by atoms with Crippen LogP contribution in [0.4, 0.5) is 0 Å². The molecule has 0 radical (unpaired) electrons. The fourth-order valence-electron chi connectivity index (χ4n) is 1.69. The van der Waals surface area contributed by atoms with Crippen molar-refractivity contribution in [2.24, 2.45) is 0 Å². The smallest absolute Gasteiger partial charge is 0.305 e. The molecule has 0 aromatic rings. The van der Waals surface area contributed by atoms with Crippen LogP contribution < -0.4 is 5.32 Å². The summed E-state index contributed by atoms with van der Waals surface area (Å²) in [7, 11) is 1.42. The van der Waals surface area contributed by atoms with Crippen LogP contribution in [0.2, 0.25) is 0 Å². The predicted octanol–water partition coefficient (Wildman–Crippen LogP) is 0.554. The van der Waals surface area contributed by atoms with Crippen molar-refractivity contribution in [3.05, 3.63) is 0 Å². The highest BCUT2D eigenvalue weighted by Crippen LogP contribution is 2.05. The van der Waals surface area contributed by atoms with Gasteiger partial charge in [-0.2, -0.15) is 0 Å². The normalized spacial score (nSPS) is 14.5. The second-order valence-corrected chi connectivity index (χ2v) is 5.45. The van der Waals surface area contributed by atoms with E-state index < -0.39 is 18.3 Å². The minimum atomic E-state index is -0.745. The number of hydrogen-bond acceptors (Lipinski definition) is 7. The summed E-state index contributed by atoms with van der Waals surface area (Å²) in [5.41, 5.74) is 0. The van der Waals surface area contributed by atoms with Crippen molar-refractivity contribution >= 4 is 17.7 Å². The number of carbonyl (C=O) groups is 3. The van der Waals surface area contributed by atoms with E-state index >= 15 is 0 Å². The maximum atomic E-state index is 11.6. The minimum absolute atomic E-state index is 0.0789. The highest BCUT2D eigenvalue weighted by atomic mass is 16.7. The van der Waals surface area contributed by atoms with Gasteiger partial charge >= 0.3 is 5.97 Å². The van der Waals surface area contributed by atoms with E-state index in [9.17, 15) is 14.4 Å². The summed E-state index contributed by atoms with van der Waals surface area (Å²) in [6, 6.07) is -0.526. The topological polar surface area (TPSA) is 111 Å². The number of aliphatic hydroxyl groups is 1. The number of nitrogens with one attached hydrogen (secondary N) is 1. The molecule has 0 aromatic carbocycles. The first-order valence-electron chi connectivity index (χ1n) is 8.08. The lowest BCUT2D eigenvalue weighted by Crippen LogP contribution is -2.37. The molecule has 0 fully saturated rings. The van der Waals surface area contributed by atoms with E-state index in [1.54, 1.807) is 6.92 Å². The summed E-state index contributed by atoms with van der Waals surface area (Å²) in [6.07, 6.45) is 0.0287. The van der Waals surface area contributed by atoms with Gasteiger partial charge < -0.3 is 24.6 Å². The fraction of sp³-hybridized carbons (Fsp3) is 0.812. The Labute approximate surface area is 142 Å². The number of methoxy groups -OCH3 is 1. The second-order valence-electron chi connectivity index (χ2n) is 5.45. The van der Waals surface area contributed by atoms with Crippen LogP contribution in [0.15, 0.2) is 0 Å². The van der Waals surface area contributed by atoms with Gasteiger partial charge in [0.15, 0.2) is 12.1 Å². The molecule has 0 bridgehead atoms. The summed E-state index contributed by atoms with van der Waals surface area (Å²) >= 11 is 0. The maximum Gasteiger partial charge on any atom is 0.305 e.